The Morgan fingerprint density at radius 1 is 1.03 bits per heavy atom. The van der Waals surface area contributed by atoms with Gasteiger partial charge in [0.05, 0.1) is 12.3 Å². The zero-order valence-electron chi connectivity index (χ0n) is 16.3. The summed E-state index contributed by atoms with van der Waals surface area (Å²) < 4.78 is 15.7. The lowest BCUT2D eigenvalue weighted by atomic mass is 10.1. The third-order valence-electron chi connectivity index (χ3n) is 4.65. The van der Waals surface area contributed by atoms with Crippen molar-refractivity contribution in [2.75, 3.05) is 12.1 Å². The van der Waals surface area contributed by atoms with E-state index in [0.29, 0.717) is 23.7 Å². The van der Waals surface area contributed by atoms with Crippen LogP contribution >= 0.6 is 0 Å². The summed E-state index contributed by atoms with van der Waals surface area (Å²) in [6.07, 6.45) is 1.45. The van der Waals surface area contributed by atoms with Crippen LogP contribution in [0.5, 0.6) is 11.5 Å². The molecule has 30 heavy (non-hydrogen) atoms. The minimum absolute atomic E-state index is 0.196. The number of hydrogen-bond acceptors (Lipinski definition) is 5. The third kappa shape index (κ3) is 4.54. The third-order valence-corrected chi connectivity index (χ3v) is 4.65. The molecule has 1 aliphatic heterocycles. The van der Waals surface area contributed by atoms with Crippen molar-refractivity contribution in [2.24, 2.45) is 0 Å². The highest BCUT2D eigenvalue weighted by atomic mass is 16.7. The van der Waals surface area contributed by atoms with E-state index in [0.717, 1.165) is 11.1 Å². The Morgan fingerprint density at radius 2 is 1.83 bits per heavy atom. The molecule has 1 aromatic heterocycles. The van der Waals surface area contributed by atoms with Gasteiger partial charge in [-0.2, -0.15) is 0 Å². The lowest BCUT2D eigenvalue weighted by molar-refractivity contribution is 0.0996. The van der Waals surface area contributed by atoms with Gasteiger partial charge in [0.2, 0.25) is 6.79 Å². The van der Waals surface area contributed by atoms with Crippen LogP contribution in [0.15, 0.2) is 65.3 Å². The van der Waals surface area contributed by atoms with Crippen molar-refractivity contribution in [3.63, 3.8) is 0 Å². The fourth-order valence-corrected chi connectivity index (χ4v) is 3.00. The Hall–Kier alpha value is -3.94. The van der Waals surface area contributed by atoms with Gasteiger partial charge in [0, 0.05) is 12.2 Å². The monoisotopic (exact) mass is 407 g/mol. The van der Waals surface area contributed by atoms with E-state index in [1.165, 1.54) is 6.26 Å². The molecule has 0 bridgehead atoms. The number of rotatable bonds is 6. The van der Waals surface area contributed by atoms with Crippen molar-refractivity contribution in [3.8, 4) is 11.5 Å². The number of carbonyl (C=O) groups excluding carboxylic acids is 2. The molecular weight excluding hydrogens is 386 g/mol. The second kappa shape index (κ2) is 8.60. The van der Waals surface area contributed by atoms with E-state index in [2.05, 4.69) is 16.0 Å². The Bertz CT molecular complexity index is 1030. The zero-order valence-corrected chi connectivity index (χ0v) is 16.3. The van der Waals surface area contributed by atoms with Gasteiger partial charge in [-0.1, -0.05) is 18.2 Å². The molecule has 0 radical (unpaired) electrons. The first-order valence-electron chi connectivity index (χ1n) is 9.46. The van der Waals surface area contributed by atoms with Gasteiger partial charge in [0.1, 0.15) is 0 Å². The summed E-state index contributed by atoms with van der Waals surface area (Å²) >= 11 is 0. The maximum Gasteiger partial charge on any atom is 0.315 e. The summed E-state index contributed by atoms with van der Waals surface area (Å²) in [7, 11) is 0. The molecule has 0 saturated heterocycles. The van der Waals surface area contributed by atoms with Crippen molar-refractivity contribution in [1.29, 1.82) is 0 Å². The number of benzene rings is 2. The molecule has 8 nitrogen and oxygen atoms in total. The number of anilines is 1. The van der Waals surface area contributed by atoms with E-state index in [1.54, 1.807) is 24.3 Å². The smallest absolute Gasteiger partial charge is 0.315 e. The van der Waals surface area contributed by atoms with E-state index in [-0.39, 0.29) is 30.5 Å². The summed E-state index contributed by atoms with van der Waals surface area (Å²) in [5.41, 5.74) is 2.46. The van der Waals surface area contributed by atoms with Gasteiger partial charge in [0.15, 0.2) is 17.3 Å². The molecule has 0 fully saturated rings. The van der Waals surface area contributed by atoms with E-state index in [4.69, 9.17) is 13.9 Å². The van der Waals surface area contributed by atoms with E-state index in [1.807, 2.05) is 37.3 Å². The summed E-state index contributed by atoms with van der Waals surface area (Å²) in [4.78, 5) is 24.2. The zero-order chi connectivity index (χ0) is 20.9. The fourth-order valence-electron chi connectivity index (χ4n) is 3.00. The van der Waals surface area contributed by atoms with Gasteiger partial charge in [-0.25, -0.2) is 4.79 Å². The minimum Gasteiger partial charge on any atom is -0.459 e. The Balaban J connectivity index is 1.26. The quantitative estimate of drug-likeness (QED) is 0.577. The van der Waals surface area contributed by atoms with Crippen LogP contribution in [0.3, 0.4) is 0 Å². The number of nitrogens with one attached hydrogen (secondary N) is 3. The predicted molar refractivity (Wildman–Crippen MR) is 109 cm³/mol. The largest absolute Gasteiger partial charge is 0.459 e. The second-order valence-corrected chi connectivity index (χ2v) is 6.79. The number of fused-ring (bicyclic) bond motifs is 1. The van der Waals surface area contributed by atoms with Crippen LogP contribution in [0.1, 0.15) is 34.6 Å². The van der Waals surface area contributed by atoms with Crippen LogP contribution in [-0.2, 0) is 6.54 Å². The van der Waals surface area contributed by atoms with Crippen molar-refractivity contribution < 1.29 is 23.5 Å². The number of hydrogen-bond donors (Lipinski definition) is 3. The van der Waals surface area contributed by atoms with E-state index in [9.17, 15) is 9.59 Å². The molecule has 154 valence electrons. The van der Waals surface area contributed by atoms with Gasteiger partial charge >= 0.3 is 6.03 Å². The highest BCUT2D eigenvalue weighted by Gasteiger charge is 2.16. The average molecular weight is 407 g/mol. The molecule has 0 spiro atoms. The summed E-state index contributed by atoms with van der Waals surface area (Å²) in [6, 6.07) is 15.6. The highest BCUT2D eigenvalue weighted by Crippen LogP contribution is 2.34. The molecule has 2 aromatic carbocycles. The molecule has 2 heterocycles. The van der Waals surface area contributed by atoms with Gasteiger partial charge in [-0.05, 0) is 54.4 Å². The van der Waals surface area contributed by atoms with E-state index < -0.39 is 0 Å². The predicted octanol–water partition coefficient (Wildman–Crippen LogP) is 3.82. The van der Waals surface area contributed by atoms with Gasteiger partial charge in [0.25, 0.3) is 5.91 Å². The van der Waals surface area contributed by atoms with Gasteiger partial charge in [-0.3, -0.25) is 4.79 Å². The maximum absolute atomic E-state index is 12.2. The molecule has 0 saturated carbocycles. The van der Waals surface area contributed by atoms with Crippen LogP contribution in [0.25, 0.3) is 0 Å². The number of amides is 3. The van der Waals surface area contributed by atoms with E-state index >= 15 is 0 Å². The normalized spacial score (nSPS) is 12.8. The minimum atomic E-state index is -0.317. The number of ether oxygens (including phenoxy) is 2. The van der Waals surface area contributed by atoms with Crippen LogP contribution < -0.4 is 25.4 Å². The SMILES string of the molecule is CC(NC(=O)NCc1ccc(NC(=O)c2ccco2)cc1)c1ccc2c(c1)OCO2. The molecule has 3 N–H and O–H groups in total. The standard InChI is InChI=1S/C22H21N3O5/c1-14(16-6-9-18-20(11-16)30-13-29-18)24-22(27)23-12-15-4-7-17(8-5-15)25-21(26)19-3-2-10-28-19/h2-11,14H,12-13H2,1H3,(H,25,26)(H2,23,24,27). The Morgan fingerprint density at radius 3 is 2.60 bits per heavy atom. The molecule has 3 amide bonds. The Kier molecular flexibility index (Phi) is 5.56. The van der Waals surface area contributed by atoms with Crippen molar-refractivity contribution in [1.82, 2.24) is 10.6 Å². The first kappa shape index (κ1) is 19.4. The molecular formula is C22H21N3O5. The fraction of sp³-hybridized carbons (Fsp3) is 0.182. The second-order valence-electron chi connectivity index (χ2n) is 6.79. The molecule has 0 aliphatic carbocycles. The topological polar surface area (TPSA) is 102 Å². The first-order valence-corrected chi connectivity index (χ1v) is 9.46. The molecule has 3 aromatic rings. The summed E-state index contributed by atoms with van der Waals surface area (Å²) in [5.74, 6) is 1.32. The molecule has 1 atom stereocenters. The lowest BCUT2D eigenvalue weighted by Crippen LogP contribution is -2.36. The first-order chi connectivity index (χ1) is 14.6. The van der Waals surface area contributed by atoms with Crippen LogP contribution in [0, 0.1) is 0 Å². The summed E-state index contributed by atoms with van der Waals surface area (Å²) in [6.45, 7) is 2.46. The van der Waals surface area contributed by atoms with Crippen LogP contribution in [-0.4, -0.2) is 18.7 Å². The summed E-state index contributed by atoms with van der Waals surface area (Å²) in [5, 5.41) is 8.47. The maximum atomic E-state index is 12.2. The van der Waals surface area contributed by atoms with Gasteiger partial charge < -0.3 is 29.8 Å². The van der Waals surface area contributed by atoms with Gasteiger partial charge in [-0.15, -0.1) is 0 Å². The molecule has 1 unspecified atom stereocenters. The number of urea groups is 1. The molecule has 4 rings (SSSR count). The lowest BCUT2D eigenvalue weighted by Gasteiger charge is -2.15. The van der Waals surface area contributed by atoms with Crippen LogP contribution in [0.4, 0.5) is 10.5 Å². The van der Waals surface area contributed by atoms with Crippen molar-refractivity contribution in [3.05, 3.63) is 77.7 Å². The number of carbonyl (C=O) groups is 2. The number of furan rings is 1. The average Bonchev–Trinajstić information content (AvgIpc) is 3.44. The highest BCUT2D eigenvalue weighted by molar-refractivity contribution is 6.02. The van der Waals surface area contributed by atoms with Crippen molar-refractivity contribution >= 4 is 17.6 Å². The molecule has 8 heteroatoms. The Labute approximate surface area is 173 Å². The van der Waals surface area contributed by atoms with Crippen LogP contribution in [0.2, 0.25) is 0 Å². The molecule has 1 aliphatic rings. The van der Waals surface area contributed by atoms with Crippen molar-refractivity contribution in [2.45, 2.75) is 19.5 Å².